The lowest BCUT2D eigenvalue weighted by atomic mass is 10.1. The van der Waals surface area contributed by atoms with Gasteiger partial charge in [0.15, 0.2) is 6.10 Å². The highest BCUT2D eigenvalue weighted by molar-refractivity contribution is 5.71. The average molecular weight is 719 g/mol. The fraction of sp³-hybridized carbons (Fsp3) is 0.574. The second-order valence-electron chi connectivity index (χ2n) is 12.8. The van der Waals surface area contributed by atoms with Crippen molar-refractivity contribution >= 4 is 11.9 Å². The zero-order valence-corrected chi connectivity index (χ0v) is 33.3. The van der Waals surface area contributed by atoms with Crippen molar-refractivity contribution in [1.29, 1.82) is 0 Å². The Hall–Kier alpha value is -3.44. The van der Waals surface area contributed by atoms with Crippen molar-refractivity contribution in [2.45, 2.75) is 155 Å². The highest BCUT2D eigenvalue weighted by Gasteiger charge is 2.17. The van der Waals surface area contributed by atoms with E-state index in [9.17, 15) is 9.59 Å². The van der Waals surface area contributed by atoms with E-state index in [0.29, 0.717) is 13.0 Å². The molecule has 0 aromatic carbocycles. The highest BCUT2D eigenvalue weighted by atomic mass is 16.6. The van der Waals surface area contributed by atoms with Crippen molar-refractivity contribution in [2.75, 3.05) is 19.8 Å². The molecule has 0 rings (SSSR count). The normalized spacial score (nSPS) is 13.4. The molecule has 0 saturated carbocycles. The van der Waals surface area contributed by atoms with E-state index in [1.54, 1.807) is 0 Å². The lowest BCUT2D eigenvalue weighted by molar-refractivity contribution is -0.162. The van der Waals surface area contributed by atoms with Gasteiger partial charge in [-0.05, 0) is 77.0 Å². The molecule has 0 N–H and O–H groups in total. The Morgan fingerprint density at radius 2 is 0.904 bits per heavy atom. The van der Waals surface area contributed by atoms with Gasteiger partial charge in [-0.25, -0.2) is 0 Å². The first-order chi connectivity index (χ1) is 25.6. The number of ether oxygens (including phenoxy) is 3. The van der Waals surface area contributed by atoms with Crippen molar-refractivity contribution in [3.63, 3.8) is 0 Å². The second kappa shape index (κ2) is 42.0. The maximum absolute atomic E-state index is 12.6. The number of esters is 2. The van der Waals surface area contributed by atoms with Gasteiger partial charge < -0.3 is 14.2 Å². The van der Waals surface area contributed by atoms with E-state index < -0.39 is 6.10 Å². The van der Waals surface area contributed by atoms with Gasteiger partial charge >= 0.3 is 11.9 Å². The fourth-order valence-corrected chi connectivity index (χ4v) is 4.88. The van der Waals surface area contributed by atoms with Gasteiger partial charge in [0, 0.05) is 13.0 Å². The molecule has 0 aliphatic rings. The number of carbonyl (C=O) groups is 2. The Morgan fingerprint density at radius 3 is 1.40 bits per heavy atom. The van der Waals surface area contributed by atoms with Crippen LogP contribution in [-0.4, -0.2) is 37.9 Å². The van der Waals surface area contributed by atoms with E-state index in [0.717, 1.165) is 89.9 Å². The van der Waals surface area contributed by atoms with E-state index in [2.05, 4.69) is 118 Å². The minimum absolute atomic E-state index is 0.00314. The highest BCUT2D eigenvalue weighted by Crippen LogP contribution is 2.10. The third-order valence-electron chi connectivity index (χ3n) is 7.84. The molecule has 1 atom stereocenters. The number of unbranched alkanes of at least 4 members (excludes halogenated alkanes) is 7. The smallest absolute Gasteiger partial charge is 0.309 e. The van der Waals surface area contributed by atoms with Gasteiger partial charge in [0.2, 0.25) is 0 Å². The van der Waals surface area contributed by atoms with Crippen molar-refractivity contribution in [2.24, 2.45) is 0 Å². The van der Waals surface area contributed by atoms with Crippen molar-refractivity contribution in [3.05, 3.63) is 109 Å². The molecule has 0 radical (unpaired) electrons. The van der Waals surface area contributed by atoms with Crippen LogP contribution in [0.1, 0.15) is 149 Å². The lowest BCUT2D eigenvalue weighted by Gasteiger charge is -2.18. The summed E-state index contributed by atoms with van der Waals surface area (Å²) in [6.45, 7) is 7.27. The zero-order chi connectivity index (χ0) is 37.8. The minimum atomic E-state index is -0.605. The maximum Gasteiger partial charge on any atom is 0.309 e. The van der Waals surface area contributed by atoms with Crippen molar-refractivity contribution < 1.29 is 23.8 Å². The van der Waals surface area contributed by atoms with Crippen LogP contribution >= 0.6 is 0 Å². The first-order valence-corrected chi connectivity index (χ1v) is 20.4. The van der Waals surface area contributed by atoms with Gasteiger partial charge in [0.25, 0.3) is 0 Å². The predicted octanol–water partition coefficient (Wildman–Crippen LogP) is 13.3. The lowest BCUT2D eigenvalue weighted by Crippen LogP contribution is -2.30. The number of hydrogen-bond donors (Lipinski definition) is 0. The summed E-state index contributed by atoms with van der Waals surface area (Å²) < 4.78 is 17.0. The molecule has 0 aliphatic heterocycles. The number of rotatable bonds is 35. The molecule has 5 heteroatoms. The molecule has 0 heterocycles. The summed E-state index contributed by atoms with van der Waals surface area (Å²) in [4.78, 5) is 25.0. The summed E-state index contributed by atoms with van der Waals surface area (Å²) in [5, 5.41) is 0. The van der Waals surface area contributed by atoms with Crippen LogP contribution in [0.4, 0.5) is 0 Å². The van der Waals surface area contributed by atoms with Crippen molar-refractivity contribution in [3.8, 4) is 0 Å². The maximum atomic E-state index is 12.6. The molecule has 0 aromatic rings. The summed E-state index contributed by atoms with van der Waals surface area (Å²) in [6.07, 6.45) is 57.0. The second-order valence-corrected chi connectivity index (χ2v) is 12.8. The van der Waals surface area contributed by atoms with Crippen LogP contribution in [0.3, 0.4) is 0 Å². The van der Waals surface area contributed by atoms with Gasteiger partial charge in [-0.2, -0.15) is 0 Å². The first kappa shape index (κ1) is 48.6. The monoisotopic (exact) mass is 719 g/mol. The molecule has 0 aromatic heterocycles. The molecule has 0 fully saturated rings. The Bertz CT molecular complexity index is 1090. The third-order valence-corrected chi connectivity index (χ3v) is 7.84. The van der Waals surface area contributed by atoms with Gasteiger partial charge in [0.05, 0.1) is 13.0 Å². The molecule has 0 saturated heterocycles. The molecule has 1 unspecified atom stereocenters. The SMILES string of the molecule is CC/C=C\C/C=C\C/C=C\C/C=C\C/C=C\CC(=O)OCC(COCCC/C=C\C/C=C\C/C=C\C/C=C\CC)OC(=O)CCCCCCCCC. The Kier molecular flexibility index (Phi) is 39.2. The number of allylic oxidation sites excluding steroid dienone is 17. The Labute approximate surface area is 319 Å². The quantitative estimate of drug-likeness (QED) is 0.0371. The molecule has 5 nitrogen and oxygen atoms in total. The van der Waals surface area contributed by atoms with Gasteiger partial charge in [-0.1, -0.05) is 169 Å². The van der Waals surface area contributed by atoms with E-state index in [1.165, 1.54) is 25.7 Å². The zero-order valence-electron chi connectivity index (χ0n) is 33.3. The van der Waals surface area contributed by atoms with Crippen LogP contribution in [0.2, 0.25) is 0 Å². The molecule has 52 heavy (non-hydrogen) atoms. The van der Waals surface area contributed by atoms with E-state index >= 15 is 0 Å². The summed E-state index contributed by atoms with van der Waals surface area (Å²) >= 11 is 0. The van der Waals surface area contributed by atoms with Gasteiger partial charge in [0.1, 0.15) is 6.61 Å². The van der Waals surface area contributed by atoms with Gasteiger partial charge in [-0.15, -0.1) is 0 Å². The van der Waals surface area contributed by atoms with E-state index in [-0.39, 0.29) is 31.6 Å². The topological polar surface area (TPSA) is 61.8 Å². The van der Waals surface area contributed by atoms with E-state index in [1.807, 2.05) is 12.2 Å². The van der Waals surface area contributed by atoms with Crippen LogP contribution in [0.5, 0.6) is 0 Å². The Balaban J connectivity index is 4.44. The number of carbonyl (C=O) groups excluding carboxylic acids is 2. The van der Waals surface area contributed by atoms with Crippen molar-refractivity contribution in [1.82, 2.24) is 0 Å². The van der Waals surface area contributed by atoms with Crippen LogP contribution in [0, 0.1) is 0 Å². The summed E-state index contributed by atoms with van der Waals surface area (Å²) in [5.41, 5.74) is 0. The third kappa shape index (κ3) is 39.3. The molecular formula is C47H74O5. The summed E-state index contributed by atoms with van der Waals surface area (Å²) in [5.74, 6) is -0.593. The fourth-order valence-electron chi connectivity index (χ4n) is 4.88. The molecule has 0 aliphatic carbocycles. The van der Waals surface area contributed by atoms with E-state index in [4.69, 9.17) is 14.2 Å². The molecular weight excluding hydrogens is 645 g/mol. The van der Waals surface area contributed by atoms with Crippen LogP contribution in [-0.2, 0) is 23.8 Å². The Morgan fingerprint density at radius 1 is 0.462 bits per heavy atom. The molecule has 292 valence electrons. The minimum Gasteiger partial charge on any atom is -0.461 e. The van der Waals surface area contributed by atoms with Gasteiger partial charge in [-0.3, -0.25) is 9.59 Å². The average Bonchev–Trinajstić information content (AvgIpc) is 3.14. The molecule has 0 amide bonds. The van der Waals surface area contributed by atoms with Crippen LogP contribution in [0.25, 0.3) is 0 Å². The number of hydrogen-bond acceptors (Lipinski definition) is 5. The predicted molar refractivity (Wildman–Crippen MR) is 223 cm³/mol. The summed E-state index contributed by atoms with van der Waals surface area (Å²) in [6, 6.07) is 0. The van der Waals surface area contributed by atoms with Crippen LogP contribution in [0.15, 0.2) is 109 Å². The first-order valence-electron chi connectivity index (χ1n) is 20.4. The largest absolute Gasteiger partial charge is 0.461 e. The molecule has 0 bridgehead atoms. The summed E-state index contributed by atoms with van der Waals surface area (Å²) in [7, 11) is 0. The molecule has 0 spiro atoms. The standard InChI is InChI=1S/C47H74O5/c1-4-7-10-13-16-18-20-22-24-25-27-29-32-34-37-40-46(48)51-44-45(52-47(49)41-38-35-31-15-12-9-6-3)43-50-42-39-36-33-30-28-26-23-21-19-17-14-11-8-5-2/h7-8,10-11,16-19,22-24,26-27,29-30,33-34,37,45H,4-6,9,12-15,20-21,25,28,31-32,35-36,38-44H2,1-3H3/b10-7-,11-8-,18-16-,19-17-,24-22-,26-23-,29-27-,33-30-,37-34-. The van der Waals surface area contributed by atoms with Crippen LogP contribution < -0.4 is 0 Å².